The van der Waals surface area contributed by atoms with Crippen molar-refractivity contribution in [3.05, 3.63) is 95.3 Å². The van der Waals surface area contributed by atoms with E-state index in [4.69, 9.17) is 27.6 Å². The van der Waals surface area contributed by atoms with Crippen molar-refractivity contribution in [1.29, 1.82) is 0 Å². The molecule has 1 N–H and O–H groups in total. The molecular weight excluding hydrogens is 916 g/mol. The highest BCUT2D eigenvalue weighted by atomic mass is 32.2. The highest BCUT2D eigenvalue weighted by molar-refractivity contribution is 7.86. The van der Waals surface area contributed by atoms with Crippen LogP contribution in [0.2, 0.25) is 0 Å². The van der Waals surface area contributed by atoms with Gasteiger partial charge in [-0.1, -0.05) is 19.3 Å². The number of carbonyl (C=O) groups excluding carboxylic acids is 5. The summed E-state index contributed by atoms with van der Waals surface area (Å²) in [4.78, 5) is 70.3. The van der Waals surface area contributed by atoms with Crippen LogP contribution in [0.15, 0.2) is 72.8 Å². The van der Waals surface area contributed by atoms with Crippen molar-refractivity contribution in [3.63, 3.8) is 0 Å². The number of ether oxygens (including phenoxy) is 2. The predicted molar refractivity (Wildman–Crippen MR) is 252 cm³/mol. The summed E-state index contributed by atoms with van der Waals surface area (Å²) in [6.45, 7) is 4.47. The molecule has 0 aromatic heterocycles. The van der Waals surface area contributed by atoms with Crippen LogP contribution >= 0.6 is 0 Å². The summed E-state index contributed by atoms with van der Waals surface area (Å²) in [7, 11) is 4.15. The average molecular weight is 984 g/mol. The molecular formula is C49H68F4N2O12S. The Bertz CT molecular complexity index is 2090. The summed E-state index contributed by atoms with van der Waals surface area (Å²) in [6, 6.07) is 20.9. The number of esters is 2. The summed E-state index contributed by atoms with van der Waals surface area (Å²) in [5, 5.41) is 8.42. The van der Waals surface area contributed by atoms with Crippen LogP contribution in [0.3, 0.4) is 0 Å². The zero-order valence-electron chi connectivity index (χ0n) is 40.2. The Hall–Kier alpha value is -5.53. The number of Topliss-reactive ketones (excluding diaryl/α,β-unsaturated/α-hetero) is 3. The van der Waals surface area contributed by atoms with Crippen LogP contribution in [0, 0.1) is 5.82 Å². The molecule has 0 atom stereocenters. The van der Waals surface area contributed by atoms with Crippen molar-refractivity contribution in [2.24, 2.45) is 0 Å². The van der Waals surface area contributed by atoms with Gasteiger partial charge in [0, 0.05) is 75.0 Å². The number of carboxylic acids is 1. The van der Waals surface area contributed by atoms with Crippen molar-refractivity contribution in [2.75, 3.05) is 53.4 Å². The van der Waals surface area contributed by atoms with E-state index in [1.54, 1.807) is 13.8 Å². The fourth-order valence-corrected chi connectivity index (χ4v) is 5.78. The van der Waals surface area contributed by atoms with E-state index in [9.17, 15) is 46.3 Å². The Morgan fingerprint density at radius 1 is 0.574 bits per heavy atom. The van der Waals surface area contributed by atoms with E-state index < -0.39 is 21.6 Å². The number of rotatable bonds is 25. The molecule has 0 aliphatic heterocycles. The topological polar surface area (TPSA) is 202 Å². The van der Waals surface area contributed by atoms with Gasteiger partial charge in [0.1, 0.15) is 11.5 Å². The molecule has 68 heavy (non-hydrogen) atoms. The molecule has 3 aromatic rings. The number of carboxylic acid groups (broad SMARTS) is 1. The number of aliphatic carboxylic acids is 1. The largest absolute Gasteiger partial charge is 0.741 e. The molecule has 0 aliphatic rings. The SMILES string of the molecule is CCOC(=O)CCCCCC(=O)c1ccc(N(C)C)cc1.CCOC(=O)CCCCCC(=O)c1ccc([N+](C)(C)C)cc1.O=C(O)CCCCCC(=O)c1ccc([18F])cc1.O=S(=O)([O-])C(F)(F)F. The molecule has 3 rings (SSSR count). The van der Waals surface area contributed by atoms with E-state index in [-0.39, 0.29) is 41.5 Å². The van der Waals surface area contributed by atoms with Gasteiger partial charge in [0.15, 0.2) is 27.5 Å². The van der Waals surface area contributed by atoms with Gasteiger partial charge >= 0.3 is 23.4 Å². The summed E-state index contributed by atoms with van der Waals surface area (Å²) < 4.78 is 82.0. The van der Waals surface area contributed by atoms with E-state index >= 15 is 0 Å². The molecule has 0 radical (unpaired) electrons. The zero-order chi connectivity index (χ0) is 51.9. The molecule has 380 valence electrons. The number of carbonyl (C=O) groups is 6. The smallest absolute Gasteiger partial charge is 0.485 e. The normalized spacial score (nSPS) is 11.0. The van der Waals surface area contributed by atoms with Gasteiger partial charge in [-0.3, -0.25) is 33.3 Å². The minimum Gasteiger partial charge on any atom is -0.741 e. The quantitative estimate of drug-likeness (QED) is 0.0160. The second-order valence-electron chi connectivity index (χ2n) is 16.4. The summed E-state index contributed by atoms with van der Waals surface area (Å²) in [5.74, 6) is -1.16. The van der Waals surface area contributed by atoms with Crippen LogP contribution in [0.5, 0.6) is 0 Å². The number of hydrogen-bond acceptors (Lipinski definition) is 12. The molecule has 0 spiro atoms. The van der Waals surface area contributed by atoms with Crippen LogP contribution in [0.25, 0.3) is 0 Å². The lowest BCUT2D eigenvalue weighted by atomic mass is 10.0. The van der Waals surface area contributed by atoms with Crippen LogP contribution in [0.1, 0.15) is 141 Å². The van der Waals surface area contributed by atoms with E-state index in [1.807, 2.05) is 67.5 Å². The minimum absolute atomic E-state index is 0.0275. The molecule has 14 nitrogen and oxygen atoms in total. The number of halogens is 4. The third kappa shape index (κ3) is 29.3. The van der Waals surface area contributed by atoms with E-state index in [0.29, 0.717) is 63.7 Å². The van der Waals surface area contributed by atoms with Crippen LogP contribution in [-0.2, 0) is 34.0 Å². The van der Waals surface area contributed by atoms with Crippen molar-refractivity contribution in [3.8, 4) is 0 Å². The molecule has 0 saturated carbocycles. The average Bonchev–Trinajstić information content (AvgIpc) is 3.26. The molecule has 19 heteroatoms. The number of anilines is 1. The number of unbranched alkanes of at least 4 members (excludes halogenated alkanes) is 6. The second-order valence-corrected chi connectivity index (χ2v) is 17.7. The van der Waals surface area contributed by atoms with E-state index in [1.165, 1.54) is 30.0 Å². The molecule has 0 fully saturated rings. The van der Waals surface area contributed by atoms with Crippen molar-refractivity contribution >= 4 is 56.8 Å². The summed E-state index contributed by atoms with van der Waals surface area (Å²) >= 11 is 0. The lowest BCUT2D eigenvalue weighted by Gasteiger charge is -2.23. The number of quaternary nitrogens is 1. The first-order valence-corrected chi connectivity index (χ1v) is 23.7. The third-order valence-electron chi connectivity index (χ3n) is 9.59. The second kappa shape index (κ2) is 33.0. The molecule has 0 aliphatic carbocycles. The van der Waals surface area contributed by atoms with Crippen molar-refractivity contribution in [2.45, 2.75) is 116 Å². The molecule has 0 unspecified atom stereocenters. The third-order valence-corrected chi connectivity index (χ3v) is 10.2. The molecule has 0 saturated heterocycles. The lowest BCUT2D eigenvalue weighted by molar-refractivity contribution is -0.144. The molecule has 0 heterocycles. The molecule has 3 aromatic carbocycles. The Balaban J connectivity index is 0.000000921. The Labute approximate surface area is 398 Å². The van der Waals surface area contributed by atoms with Gasteiger partial charge in [-0.25, -0.2) is 12.8 Å². The number of nitrogens with zero attached hydrogens (tertiary/aromatic N) is 2. The number of hydrogen-bond donors (Lipinski definition) is 1. The van der Waals surface area contributed by atoms with Gasteiger partial charge in [0.2, 0.25) is 0 Å². The maximum Gasteiger partial charge on any atom is 0.485 e. The first-order valence-electron chi connectivity index (χ1n) is 22.3. The maximum atomic E-state index is 12.6. The lowest BCUT2D eigenvalue weighted by Crippen LogP contribution is -2.34. The molecule has 0 amide bonds. The van der Waals surface area contributed by atoms with Crippen LogP contribution in [0.4, 0.5) is 28.9 Å². The number of benzene rings is 3. The highest BCUT2D eigenvalue weighted by Gasteiger charge is 2.37. The monoisotopic (exact) mass is 983 g/mol. The maximum absolute atomic E-state index is 12.6. The van der Waals surface area contributed by atoms with E-state index in [2.05, 4.69) is 21.1 Å². The number of ketones is 3. The van der Waals surface area contributed by atoms with Crippen molar-refractivity contribution in [1.82, 2.24) is 4.48 Å². The standard InChI is InChI=1S/C18H28NO3.C17H25NO3.C13H15FO3.CHF3O3S/c1-5-22-18(21)10-8-6-7-9-17(20)15-11-13-16(14-12-15)19(2,3)4;1-4-21-17(20)9-7-5-6-8-16(19)14-10-12-15(13-11-14)18(2)3;14-11-8-6-10(7-9-11)12(15)4-2-1-3-5-13(16)17;2-1(3,4)8(5,6)7/h11-14H,5-10H2,1-4H3;10-13H,4-9H2,1-3H3;6-9H,1-5H2,(H,16,17);(H,5,6,7)/q+1;;;/p-1/i;;14-1;. The van der Waals surface area contributed by atoms with Gasteiger partial charge in [0.05, 0.1) is 34.4 Å². The van der Waals surface area contributed by atoms with Crippen LogP contribution < -0.4 is 9.38 Å². The van der Waals surface area contributed by atoms with Gasteiger partial charge < -0.3 is 24.0 Å². The van der Waals surface area contributed by atoms with Gasteiger partial charge in [-0.15, -0.1) is 0 Å². The van der Waals surface area contributed by atoms with E-state index in [0.717, 1.165) is 66.2 Å². The fourth-order valence-electron chi connectivity index (χ4n) is 5.78. The zero-order valence-corrected chi connectivity index (χ0v) is 41.0. The summed E-state index contributed by atoms with van der Waals surface area (Å²) in [5.41, 5.74) is -1.36. The molecule has 0 bridgehead atoms. The Morgan fingerprint density at radius 3 is 1.18 bits per heavy atom. The Kier molecular flexibility index (Phi) is 30.4. The number of alkyl halides is 3. The Morgan fingerprint density at radius 2 is 0.882 bits per heavy atom. The predicted octanol–water partition coefficient (Wildman–Crippen LogP) is 10.1. The van der Waals surface area contributed by atoms with Gasteiger partial charge in [-0.05, 0) is 125 Å². The summed E-state index contributed by atoms with van der Waals surface area (Å²) in [6.07, 6.45) is 9.41. The van der Waals surface area contributed by atoms with Crippen LogP contribution in [-0.4, -0.2) is 107 Å². The highest BCUT2D eigenvalue weighted by Crippen LogP contribution is 2.21. The minimum atomic E-state index is -6.09. The fraction of sp³-hybridized carbons (Fsp3) is 0.510. The first kappa shape index (κ1) is 62.5. The van der Waals surface area contributed by atoms with Gasteiger partial charge in [-0.2, -0.15) is 13.2 Å². The first-order chi connectivity index (χ1) is 31.7. The van der Waals surface area contributed by atoms with Crippen molar-refractivity contribution < 1.29 is 73.9 Å². The van der Waals surface area contributed by atoms with Gasteiger partial charge in [0.25, 0.3) is 0 Å².